The number of rotatable bonds is 11. The van der Waals surface area contributed by atoms with Gasteiger partial charge in [-0.05, 0) is 26.2 Å². The first-order valence-corrected chi connectivity index (χ1v) is 6.76. The normalized spacial score (nSPS) is 10.2. The molecule has 0 saturated heterocycles. The molecular weight excluding hydrogens is 214 g/mol. The minimum absolute atomic E-state index is 0.0320. The molecule has 3 nitrogen and oxygen atoms in total. The van der Waals surface area contributed by atoms with Crippen molar-refractivity contribution in [2.75, 3.05) is 19.8 Å². The summed E-state index contributed by atoms with van der Waals surface area (Å²) in [5.41, 5.74) is 0.654. The third-order valence-corrected chi connectivity index (χ3v) is 2.57. The van der Waals surface area contributed by atoms with E-state index >= 15 is 0 Å². The van der Waals surface area contributed by atoms with Crippen molar-refractivity contribution in [1.29, 1.82) is 0 Å². The Hall–Kier alpha value is -0.830. The molecule has 0 aromatic rings. The molecule has 0 heterocycles. The highest BCUT2D eigenvalue weighted by Gasteiger charge is 2.04. The van der Waals surface area contributed by atoms with Crippen molar-refractivity contribution in [2.24, 2.45) is 0 Å². The highest BCUT2D eigenvalue weighted by Crippen LogP contribution is 2.04. The Labute approximate surface area is 106 Å². The van der Waals surface area contributed by atoms with Gasteiger partial charge in [0.1, 0.15) is 0 Å². The fourth-order valence-corrected chi connectivity index (χ4v) is 1.52. The topological polar surface area (TPSA) is 38.3 Å². The molecular formula is C14H27NO2. The lowest BCUT2D eigenvalue weighted by molar-refractivity contribution is -0.117. The van der Waals surface area contributed by atoms with Gasteiger partial charge in [0.05, 0.1) is 0 Å². The largest absolute Gasteiger partial charge is 0.381 e. The number of carbonyl (C=O) groups is 1. The number of unbranched alkanes of at least 4 members (excludes halogenated alkanes) is 3. The summed E-state index contributed by atoms with van der Waals surface area (Å²) in [6, 6.07) is 0. The number of hydrogen-bond donors (Lipinski definition) is 1. The molecule has 0 aliphatic carbocycles. The van der Waals surface area contributed by atoms with E-state index in [1.807, 2.05) is 6.92 Å². The van der Waals surface area contributed by atoms with Crippen LogP contribution >= 0.6 is 0 Å². The molecule has 0 spiro atoms. The van der Waals surface area contributed by atoms with Crippen LogP contribution < -0.4 is 5.32 Å². The maximum absolute atomic E-state index is 11.3. The lowest BCUT2D eigenvalue weighted by Gasteiger charge is -2.06. The van der Waals surface area contributed by atoms with Crippen LogP contribution in [0.1, 0.15) is 52.4 Å². The van der Waals surface area contributed by atoms with E-state index in [1.54, 1.807) is 0 Å². The second-order valence-corrected chi connectivity index (χ2v) is 4.24. The van der Waals surface area contributed by atoms with Gasteiger partial charge in [-0.3, -0.25) is 4.79 Å². The van der Waals surface area contributed by atoms with Crippen LogP contribution in [0.3, 0.4) is 0 Å². The van der Waals surface area contributed by atoms with Crippen LogP contribution in [0.25, 0.3) is 0 Å². The molecule has 0 aliphatic heterocycles. The van der Waals surface area contributed by atoms with E-state index in [2.05, 4.69) is 18.8 Å². The zero-order valence-corrected chi connectivity index (χ0v) is 11.4. The SMILES string of the molecule is C=C(CCCOCCCCCC)C(=O)NCC. The van der Waals surface area contributed by atoms with Gasteiger partial charge in [-0.25, -0.2) is 0 Å². The fraction of sp³-hybridized carbons (Fsp3) is 0.786. The first-order valence-electron chi connectivity index (χ1n) is 6.76. The Bertz CT molecular complexity index is 214. The predicted octanol–water partition coefficient (Wildman–Crippen LogP) is 3.06. The zero-order chi connectivity index (χ0) is 12.9. The summed E-state index contributed by atoms with van der Waals surface area (Å²) in [5, 5.41) is 2.74. The van der Waals surface area contributed by atoms with Crippen molar-refractivity contribution in [3.05, 3.63) is 12.2 Å². The summed E-state index contributed by atoms with van der Waals surface area (Å²) < 4.78 is 5.50. The highest BCUT2D eigenvalue weighted by atomic mass is 16.5. The summed E-state index contributed by atoms with van der Waals surface area (Å²) in [5.74, 6) is -0.0320. The predicted molar refractivity (Wildman–Crippen MR) is 72.0 cm³/mol. The second kappa shape index (κ2) is 11.6. The molecule has 0 bridgehead atoms. The Morgan fingerprint density at radius 3 is 2.47 bits per heavy atom. The molecule has 1 N–H and O–H groups in total. The maximum atomic E-state index is 11.3. The standard InChI is InChI=1S/C14H27NO2/c1-4-6-7-8-11-17-12-9-10-13(3)14(16)15-5-2/h3-12H2,1-2H3,(H,15,16). The van der Waals surface area contributed by atoms with E-state index in [-0.39, 0.29) is 5.91 Å². The second-order valence-electron chi connectivity index (χ2n) is 4.24. The monoisotopic (exact) mass is 241 g/mol. The van der Waals surface area contributed by atoms with Crippen molar-refractivity contribution in [1.82, 2.24) is 5.32 Å². The van der Waals surface area contributed by atoms with E-state index in [1.165, 1.54) is 19.3 Å². The average molecular weight is 241 g/mol. The van der Waals surface area contributed by atoms with Crippen LogP contribution in [-0.2, 0) is 9.53 Å². The molecule has 0 rings (SSSR count). The van der Waals surface area contributed by atoms with Gasteiger partial charge in [0.15, 0.2) is 0 Å². The van der Waals surface area contributed by atoms with Gasteiger partial charge >= 0.3 is 0 Å². The van der Waals surface area contributed by atoms with E-state index in [9.17, 15) is 4.79 Å². The van der Waals surface area contributed by atoms with Crippen LogP contribution in [0.4, 0.5) is 0 Å². The zero-order valence-electron chi connectivity index (χ0n) is 11.4. The number of amides is 1. The summed E-state index contributed by atoms with van der Waals surface area (Å²) in [6.45, 7) is 10.1. The summed E-state index contributed by atoms with van der Waals surface area (Å²) >= 11 is 0. The van der Waals surface area contributed by atoms with Crippen molar-refractivity contribution >= 4 is 5.91 Å². The van der Waals surface area contributed by atoms with Crippen LogP contribution in [-0.4, -0.2) is 25.7 Å². The Balaban J connectivity index is 3.27. The van der Waals surface area contributed by atoms with Gasteiger partial charge in [0, 0.05) is 25.3 Å². The van der Waals surface area contributed by atoms with Crippen LogP contribution in [0.2, 0.25) is 0 Å². The Kier molecular flexibility index (Phi) is 11.1. The summed E-state index contributed by atoms with van der Waals surface area (Å²) in [7, 11) is 0. The first-order chi connectivity index (χ1) is 8.22. The van der Waals surface area contributed by atoms with Gasteiger partial charge in [-0.1, -0.05) is 32.8 Å². The number of carbonyl (C=O) groups excluding carboxylic acids is 1. The lowest BCUT2D eigenvalue weighted by Crippen LogP contribution is -2.24. The molecule has 1 amide bonds. The number of likely N-dealkylation sites (N-methyl/N-ethyl adjacent to an activating group) is 1. The molecule has 17 heavy (non-hydrogen) atoms. The van der Waals surface area contributed by atoms with E-state index in [0.29, 0.717) is 12.1 Å². The van der Waals surface area contributed by atoms with Crippen LogP contribution in [0, 0.1) is 0 Å². The van der Waals surface area contributed by atoms with Crippen molar-refractivity contribution in [3.63, 3.8) is 0 Å². The molecule has 0 aliphatic rings. The quantitative estimate of drug-likeness (QED) is 0.446. The van der Waals surface area contributed by atoms with Crippen molar-refractivity contribution in [3.8, 4) is 0 Å². The molecule has 100 valence electrons. The minimum Gasteiger partial charge on any atom is -0.381 e. The van der Waals surface area contributed by atoms with Gasteiger partial charge in [0.25, 0.3) is 0 Å². The lowest BCUT2D eigenvalue weighted by atomic mass is 10.1. The van der Waals surface area contributed by atoms with Crippen molar-refractivity contribution < 1.29 is 9.53 Å². The van der Waals surface area contributed by atoms with Gasteiger partial charge in [-0.2, -0.15) is 0 Å². The summed E-state index contributed by atoms with van der Waals surface area (Å²) in [4.78, 5) is 11.3. The fourth-order valence-electron chi connectivity index (χ4n) is 1.52. The van der Waals surface area contributed by atoms with Gasteiger partial charge in [-0.15, -0.1) is 0 Å². The Morgan fingerprint density at radius 2 is 1.82 bits per heavy atom. The molecule has 0 fully saturated rings. The molecule has 0 radical (unpaired) electrons. The maximum Gasteiger partial charge on any atom is 0.246 e. The average Bonchev–Trinajstić information content (AvgIpc) is 2.32. The molecule has 0 aromatic carbocycles. The van der Waals surface area contributed by atoms with Crippen molar-refractivity contribution in [2.45, 2.75) is 52.4 Å². The number of ether oxygens (including phenoxy) is 1. The van der Waals surface area contributed by atoms with Crippen LogP contribution in [0.5, 0.6) is 0 Å². The minimum atomic E-state index is -0.0320. The van der Waals surface area contributed by atoms with Crippen LogP contribution in [0.15, 0.2) is 12.2 Å². The molecule has 0 unspecified atom stereocenters. The van der Waals surface area contributed by atoms with Gasteiger partial charge < -0.3 is 10.1 Å². The van der Waals surface area contributed by atoms with Gasteiger partial charge in [0.2, 0.25) is 5.91 Å². The van der Waals surface area contributed by atoms with E-state index in [0.717, 1.165) is 32.5 Å². The first kappa shape index (κ1) is 16.2. The highest BCUT2D eigenvalue weighted by molar-refractivity contribution is 5.92. The molecule has 0 saturated carbocycles. The molecule has 3 heteroatoms. The summed E-state index contributed by atoms with van der Waals surface area (Å²) in [6.07, 6.45) is 6.54. The third kappa shape index (κ3) is 10.1. The third-order valence-electron chi connectivity index (χ3n) is 2.57. The van der Waals surface area contributed by atoms with E-state index in [4.69, 9.17) is 4.74 Å². The molecule has 0 aromatic heterocycles. The number of nitrogens with one attached hydrogen (secondary N) is 1. The molecule has 0 atom stereocenters. The van der Waals surface area contributed by atoms with E-state index < -0.39 is 0 Å². The Morgan fingerprint density at radius 1 is 1.12 bits per heavy atom. The number of hydrogen-bond acceptors (Lipinski definition) is 2. The smallest absolute Gasteiger partial charge is 0.246 e.